The number of pyridine rings is 1. The van der Waals surface area contributed by atoms with Crippen LogP contribution in [0, 0.1) is 0 Å². The highest BCUT2D eigenvalue weighted by Gasteiger charge is 1.97. The highest BCUT2D eigenvalue weighted by molar-refractivity contribution is 6.33. The predicted octanol–water partition coefficient (Wildman–Crippen LogP) is 2.09. The summed E-state index contributed by atoms with van der Waals surface area (Å²) in [6.07, 6.45) is 0. The Bertz CT molecular complexity index is 226. The van der Waals surface area contributed by atoms with Crippen molar-refractivity contribution < 1.29 is 5.11 Å². The van der Waals surface area contributed by atoms with Crippen LogP contribution in [0.1, 0.15) is 0 Å². The summed E-state index contributed by atoms with van der Waals surface area (Å²) in [5, 5.41) is 9.10. The van der Waals surface area contributed by atoms with E-state index in [-0.39, 0.29) is 16.1 Å². The molecule has 0 aliphatic rings. The van der Waals surface area contributed by atoms with Gasteiger partial charge in [0.1, 0.15) is 5.15 Å². The molecule has 0 aliphatic heterocycles. The predicted molar refractivity (Wildman–Crippen MR) is 35.9 cm³/mol. The quantitative estimate of drug-likeness (QED) is 0.595. The molecule has 0 unspecified atom stereocenters. The third-order valence-corrected chi connectivity index (χ3v) is 1.28. The Kier molecular flexibility index (Phi) is 1.78. The molecule has 1 aromatic rings. The van der Waals surface area contributed by atoms with Gasteiger partial charge in [0.25, 0.3) is 0 Å². The van der Waals surface area contributed by atoms with Gasteiger partial charge in [-0.2, -0.15) is 0 Å². The van der Waals surface area contributed by atoms with E-state index >= 15 is 0 Å². The topological polar surface area (TPSA) is 33.1 Å². The normalized spacial score (nSPS) is 9.56. The molecule has 0 radical (unpaired) electrons. The first kappa shape index (κ1) is 6.65. The first-order valence-corrected chi connectivity index (χ1v) is 2.97. The van der Waals surface area contributed by atoms with Crippen molar-refractivity contribution in [1.29, 1.82) is 0 Å². The molecule has 0 saturated heterocycles. The number of halogens is 2. The van der Waals surface area contributed by atoms with E-state index < -0.39 is 0 Å². The second-order valence-electron chi connectivity index (χ2n) is 1.44. The molecule has 9 heavy (non-hydrogen) atoms. The van der Waals surface area contributed by atoms with Crippen LogP contribution in [-0.2, 0) is 0 Å². The molecule has 0 fully saturated rings. The number of nitrogens with zero attached hydrogens (tertiary/aromatic N) is 1. The lowest BCUT2D eigenvalue weighted by atomic mass is 10.5. The Morgan fingerprint density at radius 2 is 2.00 bits per heavy atom. The van der Waals surface area contributed by atoms with Crippen LogP contribution in [-0.4, -0.2) is 10.1 Å². The number of aromatic hydroxyl groups is 1. The van der Waals surface area contributed by atoms with E-state index in [0.29, 0.717) is 0 Å². The summed E-state index contributed by atoms with van der Waals surface area (Å²) in [6, 6.07) is 2.85. The van der Waals surface area contributed by atoms with Crippen molar-refractivity contribution in [1.82, 2.24) is 4.98 Å². The molecule has 48 valence electrons. The van der Waals surface area contributed by atoms with Gasteiger partial charge in [-0.05, 0) is 12.1 Å². The van der Waals surface area contributed by atoms with Crippen LogP contribution in [0.5, 0.6) is 5.75 Å². The Morgan fingerprint density at radius 3 is 2.44 bits per heavy atom. The SMILES string of the molecule is Oc1ccc(Cl)nc1Cl. The zero-order chi connectivity index (χ0) is 6.85. The summed E-state index contributed by atoms with van der Waals surface area (Å²) in [5.74, 6) is -0.0546. The van der Waals surface area contributed by atoms with Crippen molar-refractivity contribution >= 4 is 23.2 Å². The maximum Gasteiger partial charge on any atom is 0.172 e. The van der Waals surface area contributed by atoms with Gasteiger partial charge in [0.15, 0.2) is 10.9 Å². The summed E-state index contributed by atoms with van der Waals surface area (Å²) in [5.41, 5.74) is 0. The third kappa shape index (κ3) is 1.47. The zero-order valence-electron chi connectivity index (χ0n) is 4.31. The van der Waals surface area contributed by atoms with Crippen molar-refractivity contribution in [2.24, 2.45) is 0 Å². The van der Waals surface area contributed by atoms with Crippen LogP contribution in [0.15, 0.2) is 12.1 Å². The van der Waals surface area contributed by atoms with Gasteiger partial charge in [0.2, 0.25) is 0 Å². The van der Waals surface area contributed by atoms with E-state index in [2.05, 4.69) is 4.98 Å². The standard InChI is InChI=1S/C5H3Cl2NO/c6-4-2-1-3(9)5(7)8-4/h1-2,9H. The minimum atomic E-state index is -0.0546. The van der Waals surface area contributed by atoms with Crippen molar-refractivity contribution in [3.05, 3.63) is 22.4 Å². The third-order valence-electron chi connectivity index (χ3n) is 0.795. The van der Waals surface area contributed by atoms with Crippen LogP contribution in [0.2, 0.25) is 10.3 Å². The fourth-order valence-corrected chi connectivity index (χ4v) is 0.750. The molecule has 0 saturated carbocycles. The average molecular weight is 164 g/mol. The molecule has 4 heteroatoms. The second kappa shape index (κ2) is 2.42. The van der Waals surface area contributed by atoms with E-state index in [1.165, 1.54) is 12.1 Å². The highest BCUT2D eigenvalue weighted by atomic mass is 35.5. The zero-order valence-corrected chi connectivity index (χ0v) is 5.82. The van der Waals surface area contributed by atoms with E-state index in [0.717, 1.165) is 0 Å². The molecule has 1 heterocycles. The molecule has 0 atom stereocenters. The van der Waals surface area contributed by atoms with Crippen LogP contribution >= 0.6 is 23.2 Å². The summed E-state index contributed by atoms with van der Waals surface area (Å²) >= 11 is 10.8. The van der Waals surface area contributed by atoms with E-state index in [4.69, 9.17) is 28.3 Å². The van der Waals surface area contributed by atoms with Gasteiger partial charge in [-0.3, -0.25) is 0 Å². The Balaban J connectivity index is 3.17. The smallest absolute Gasteiger partial charge is 0.172 e. The number of rotatable bonds is 0. The minimum Gasteiger partial charge on any atom is -0.505 e. The molecule has 0 bridgehead atoms. The van der Waals surface area contributed by atoms with Gasteiger partial charge >= 0.3 is 0 Å². The van der Waals surface area contributed by atoms with E-state index in [1.807, 2.05) is 0 Å². The Morgan fingerprint density at radius 1 is 1.33 bits per heavy atom. The van der Waals surface area contributed by atoms with Crippen molar-refractivity contribution in [2.45, 2.75) is 0 Å². The first-order chi connectivity index (χ1) is 4.20. The molecule has 1 aromatic heterocycles. The number of aromatic nitrogens is 1. The van der Waals surface area contributed by atoms with Gasteiger partial charge < -0.3 is 5.11 Å². The van der Waals surface area contributed by atoms with Crippen LogP contribution < -0.4 is 0 Å². The molecule has 0 aliphatic carbocycles. The largest absolute Gasteiger partial charge is 0.505 e. The van der Waals surface area contributed by atoms with Crippen LogP contribution in [0.3, 0.4) is 0 Å². The lowest BCUT2D eigenvalue weighted by Crippen LogP contribution is -1.74. The van der Waals surface area contributed by atoms with Crippen LogP contribution in [0.25, 0.3) is 0 Å². The van der Waals surface area contributed by atoms with Gasteiger partial charge in [-0.25, -0.2) is 4.98 Å². The van der Waals surface area contributed by atoms with Crippen molar-refractivity contribution in [3.8, 4) is 5.75 Å². The van der Waals surface area contributed by atoms with Crippen molar-refractivity contribution in [3.63, 3.8) is 0 Å². The fraction of sp³-hybridized carbons (Fsp3) is 0. The first-order valence-electron chi connectivity index (χ1n) is 2.21. The van der Waals surface area contributed by atoms with E-state index in [9.17, 15) is 0 Å². The second-order valence-corrected chi connectivity index (χ2v) is 2.19. The van der Waals surface area contributed by atoms with Gasteiger partial charge in [0, 0.05) is 0 Å². The minimum absolute atomic E-state index is 0.0301. The van der Waals surface area contributed by atoms with Gasteiger partial charge in [-0.15, -0.1) is 0 Å². The Labute approximate surface area is 62.1 Å². The lowest BCUT2D eigenvalue weighted by Gasteiger charge is -1.92. The van der Waals surface area contributed by atoms with Crippen molar-refractivity contribution in [2.75, 3.05) is 0 Å². The highest BCUT2D eigenvalue weighted by Crippen LogP contribution is 2.21. The van der Waals surface area contributed by atoms with Gasteiger partial charge in [0.05, 0.1) is 0 Å². The molecular weight excluding hydrogens is 161 g/mol. The average Bonchev–Trinajstić information content (AvgIpc) is 1.80. The monoisotopic (exact) mass is 163 g/mol. The molecule has 0 aromatic carbocycles. The molecule has 0 spiro atoms. The fourth-order valence-electron chi connectivity index (χ4n) is 0.405. The lowest BCUT2D eigenvalue weighted by molar-refractivity contribution is 0.473. The summed E-state index contributed by atoms with van der Waals surface area (Å²) in [6.45, 7) is 0. The van der Waals surface area contributed by atoms with E-state index in [1.54, 1.807) is 0 Å². The summed E-state index contributed by atoms with van der Waals surface area (Å²) in [7, 11) is 0. The van der Waals surface area contributed by atoms with Gasteiger partial charge in [-0.1, -0.05) is 23.2 Å². The molecule has 0 amide bonds. The maximum atomic E-state index is 8.79. The molecule has 1 rings (SSSR count). The number of hydrogen-bond acceptors (Lipinski definition) is 2. The molecular formula is C5H3Cl2NO. The summed E-state index contributed by atoms with van der Waals surface area (Å²) < 4.78 is 0. The summed E-state index contributed by atoms with van der Waals surface area (Å²) in [4.78, 5) is 3.55. The molecule has 2 nitrogen and oxygen atoms in total. The van der Waals surface area contributed by atoms with Crippen LogP contribution in [0.4, 0.5) is 0 Å². The maximum absolute atomic E-state index is 8.79. The molecule has 1 N–H and O–H groups in total. The number of hydrogen-bond donors (Lipinski definition) is 1. The Hall–Kier alpha value is -0.470.